The Morgan fingerprint density at radius 3 is 3.07 bits per heavy atom. The molecular weight excluding hydrogens is 220 g/mol. The second-order valence-corrected chi connectivity index (χ2v) is 5.17. The van der Waals surface area contributed by atoms with Crippen LogP contribution in [-0.2, 0) is 10.5 Å². The molecule has 6 heteroatoms. The maximum absolute atomic E-state index is 10.4. The largest absolute Gasteiger partial charge is 0.480 e. The van der Waals surface area contributed by atoms with E-state index in [0.717, 1.165) is 10.8 Å². The molecule has 0 aliphatic carbocycles. The van der Waals surface area contributed by atoms with E-state index < -0.39 is 12.0 Å². The lowest BCUT2D eigenvalue weighted by atomic mass is 10.4. The van der Waals surface area contributed by atoms with Gasteiger partial charge in [-0.2, -0.15) is 11.8 Å². The summed E-state index contributed by atoms with van der Waals surface area (Å²) >= 11 is 3.13. The van der Waals surface area contributed by atoms with Crippen molar-refractivity contribution in [3.63, 3.8) is 0 Å². The number of carboxylic acid groups (broad SMARTS) is 1. The van der Waals surface area contributed by atoms with Gasteiger partial charge in [0, 0.05) is 22.6 Å². The van der Waals surface area contributed by atoms with Gasteiger partial charge in [0.1, 0.15) is 11.0 Å². The van der Waals surface area contributed by atoms with Crippen molar-refractivity contribution in [1.29, 1.82) is 0 Å². The van der Waals surface area contributed by atoms with Gasteiger partial charge in [0.05, 0.1) is 0 Å². The summed E-state index contributed by atoms with van der Waals surface area (Å²) in [5.41, 5.74) is 5.35. The minimum Gasteiger partial charge on any atom is -0.480 e. The standard InChI is InChI=1S/C8H12N2O2S2/c1-5-2-10-7(14-5)4-13-3-6(9)8(11)12/h2,6H,3-4,9H2,1H3,(H,11,12). The molecule has 0 spiro atoms. The highest BCUT2D eigenvalue weighted by Gasteiger charge is 2.11. The summed E-state index contributed by atoms with van der Waals surface area (Å²) in [5, 5.41) is 9.55. The molecule has 0 saturated carbocycles. The van der Waals surface area contributed by atoms with Crippen molar-refractivity contribution < 1.29 is 9.90 Å². The molecule has 0 fully saturated rings. The lowest BCUT2D eigenvalue weighted by Crippen LogP contribution is -2.32. The van der Waals surface area contributed by atoms with Crippen molar-refractivity contribution in [2.75, 3.05) is 5.75 Å². The van der Waals surface area contributed by atoms with Gasteiger partial charge in [-0.1, -0.05) is 0 Å². The maximum atomic E-state index is 10.4. The summed E-state index contributed by atoms with van der Waals surface area (Å²) in [6.07, 6.45) is 1.82. The van der Waals surface area contributed by atoms with Gasteiger partial charge < -0.3 is 10.8 Å². The first-order valence-electron chi connectivity index (χ1n) is 4.07. The van der Waals surface area contributed by atoms with Gasteiger partial charge in [-0.3, -0.25) is 4.79 Å². The number of aryl methyl sites for hydroxylation is 1. The van der Waals surface area contributed by atoms with Crippen LogP contribution < -0.4 is 5.73 Å². The molecular formula is C8H12N2O2S2. The first kappa shape index (κ1) is 11.5. The molecule has 1 aromatic heterocycles. The number of rotatable bonds is 5. The van der Waals surface area contributed by atoms with Gasteiger partial charge in [0.2, 0.25) is 0 Å². The molecule has 14 heavy (non-hydrogen) atoms. The molecule has 3 N–H and O–H groups in total. The Labute approximate surface area is 90.5 Å². The fourth-order valence-electron chi connectivity index (χ4n) is 0.813. The van der Waals surface area contributed by atoms with E-state index >= 15 is 0 Å². The molecule has 0 aromatic carbocycles. The average molecular weight is 232 g/mol. The van der Waals surface area contributed by atoms with Crippen molar-refractivity contribution in [3.05, 3.63) is 16.1 Å². The predicted octanol–water partition coefficient (Wildman–Crippen LogP) is 1.10. The summed E-state index contributed by atoms with van der Waals surface area (Å²) in [4.78, 5) is 15.7. The number of hydrogen-bond acceptors (Lipinski definition) is 5. The zero-order valence-corrected chi connectivity index (χ0v) is 9.40. The van der Waals surface area contributed by atoms with E-state index in [1.54, 1.807) is 11.3 Å². The van der Waals surface area contributed by atoms with E-state index in [0.29, 0.717) is 5.75 Å². The molecule has 0 amide bonds. The van der Waals surface area contributed by atoms with Crippen molar-refractivity contribution in [2.24, 2.45) is 5.73 Å². The number of aromatic nitrogens is 1. The zero-order chi connectivity index (χ0) is 10.6. The van der Waals surface area contributed by atoms with Gasteiger partial charge in [0.25, 0.3) is 0 Å². The van der Waals surface area contributed by atoms with Gasteiger partial charge in [-0.25, -0.2) is 4.98 Å². The highest BCUT2D eigenvalue weighted by Crippen LogP contribution is 2.17. The Kier molecular flexibility index (Phi) is 4.37. The first-order valence-corrected chi connectivity index (χ1v) is 6.04. The van der Waals surface area contributed by atoms with E-state index in [1.165, 1.54) is 16.6 Å². The molecule has 0 aliphatic rings. The molecule has 0 aliphatic heterocycles. The summed E-state index contributed by atoms with van der Waals surface area (Å²) in [6.45, 7) is 1.99. The Morgan fingerprint density at radius 1 is 1.86 bits per heavy atom. The van der Waals surface area contributed by atoms with Crippen LogP contribution in [-0.4, -0.2) is 27.9 Å². The molecule has 1 atom stereocenters. The molecule has 4 nitrogen and oxygen atoms in total. The van der Waals surface area contributed by atoms with Gasteiger partial charge in [-0.05, 0) is 6.92 Å². The molecule has 0 saturated heterocycles. The first-order chi connectivity index (χ1) is 6.59. The second kappa shape index (κ2) is 5.33. The minimum atomic E-state index is -0.951. The van der Waals surface area contributed by atoms with Crippen LogP contribution in [0.25, 0.3) is 0 Å². The monoisotopic (exact) mass is 232 g/mol. The third-order valence-corrected chi connectivity index (χ3v) is 3.68. The summed E-state index contributed by atoms with van der Waals surface area (Å²) in [6, 6.07) is -0.777. The minimum absolute atomic E-state index is 0.425. The van der Waals surface area contributed by atoms with Gasteiger partial charge in [0.15, 0.2) is 0 Å². The Bertz CT molecular complexity index is 314. The quantitative estimate of drug-likeness (QED) is 0.795. The number of thiazole rings is 1. The van der Waals surface area contributed by atoms with Crippen LogP contribution in [0.4, 0.5) is 0 Å². The molecule has 78 valence electrons. The molecule has 1 rings (SSSR count). The summed E-state index contributed by atoms with van der Waals surface area (Å²) in [7, 11) is 0. The lowest BCUT2D eigenvalue weighted by Gasteiger charge is -2.03. The van der Waals surface area contributed by atoms with Crippen molar-refractivity contribution in [3.8, 4) is 0 Å². The third-order valence-electron chi connectivity index (χ3n) is 1.51. The number of aliphatic carboxylic acids is 1. The highest BCUT2D eigenvalue weighted by molar-refractivity contribution is 7.98. The van der Waals surface area contributed by atoms with Crippen molar-refractivity contribution in [1.82, 2.24) is 4.98 Å². The van der Waals surface area contributed by atoms with Crippen LogP contribution in [0.5, 0.6) is 0 Å². The second-order valence-electron chi connectivity index (χ2n) is 2.82. The fraction of sp³-hybridized carbons (Fsp3) is 0.500. The Hall–Kier alpha value is -0.590. The van der Waals surface area contributed by atoms with E-state index in [4.69, 9.17) is 10.8 Å². The van der Waals surface area contributed by atoms with Crippen LogP contribution in [0.1, 0.15) is 9.88 Å². The van der Waals surface area contributed by atoms with E-state index in [1.807, 2.05) is 13.1 Å². The predicted molar refractivity (Wildman–Crippen MR) is 58.6 cm³/mol. The van der Waals surface area contributed by atoms with Gasteiger partial charge in [-0.15, -0.1) is 11.3 Å². The molecule has 1 aromatic rings. The Balaban J connectivity index is 2.25. The molecule has 0 radical (unpaired) electrons. The van der Waals surface area contributed by atoms with Crippen molar-refractivity contribution >= 4 is 29.1 Å². The SMILES string of the molecule is Cc1cnc(CSCC(N)C(=O)O)s1. The molecule has 0 bridgehead atoms. The van der Waals surface area contributed by atoms with E-state index in [-0.39, 0.29) is 0 Å². The smallest absolute Gasteiger partial charge is 0.321 e. The zero-order valence-electron chi connectivity index (χ0n) is 7.77. The van der Waals surface area contributed by atoms with Crippen LogP contribution in [0, 0.1) is 6.92 Å². The third kappa shape index (κ3) is 3.65. The lowest BCUT2D eigenvalue weighted by molar-refractivity contribution is -0.137. The average Bonchev–Trinajstić information content (AvgIpc) is 2.51. The topological polar surface area (TPSA) is 76.2 Å². The van der Waals surface area contributed by atoms with E-state index in [2.05, 4.69) is 4.98 Å². The number of hydrogen-bond donors (Lipinski definition) is 2. The van der Waals surface area contributed by atoms with Crippen LogP contribution in [0.3, 0.4) is 0 Å². The van der Waals surface area contributed by atoms with Crippen LogP contribution >= 0.6 is 23.1 Å². The number of nitrogens with zero attached hydrogens (tertiary/aromatic N) is 1. The fourth-order valence-corrected chi connectivity index (χ4v) is 2.64. The molecule has 1 unspecified atom stereocenters. The van der Waals surface area contributed by atoms with Crippen LogP contribution in [0.2, 0.25) is 0 Å². The number of carboxylic acids is 1. The number of nitrogens with two attached hydrogens (primary N) is 1. The summed E-state index contributed by atoms with van der Waals surface area (Å²) in [5.74, 6) is 0.209. The van der Waals surface area contributed by atoms with Crippen molar-refractivity contribution in [2.45, 2.75) is 18.7 Å². The van der Waals surface area contributed by atoms with Gasteiger partial charge >= 0.3 is 5.97 Å². The highest BCUT2D eigenvalue weighted by atomic mass is 32.2. The number of carbonyl (C=O) groups is 1. The van der Waals surface area contributed by atoms with E-state index in [9.17, 15) is 4.79 Å². The summed E-state index contributed by atoms with van der Waals surface area (Å²) < 4.78 is 0. The maximum Gasteiger partial charge on any atom is 0.321 e. The normalized spacial score (nSPS) is 12.7. The molecule has 1 heterocycles. The van der Waals surface area contributed by atoms with Crippen LogP contribution in [0.15, 0.2) is 6.20 Å². The number of thioether (sulfide) groups is 1. The Morgan fingerprint density at radius 2 is 2.57 bits per heavy atom.